The van der Waals surface area contributed by atoms with Gasteiger partial charge in [0.1, 0.15) is 5.82 Å². The van der Waals surface area contributed by atoms with Crippen LogP contribution in [0.5, 0.6) is 0 Å². The van der Waals surface area contributed by atoms with Crippen LogP contribution in [-0.4, -0.2) is 136 Å². The molecule has 0 aliphatic carbocycles. The van der Waals surface area contributed by atoms with Gasteiger partial charge in [-0.15, -0.1) is 11.3 Å². The summed E-state index contributed by atoms with van der Waals surface area (Å²) in [5.74, 6) is -1.13. The Morgan fingerprint density at radius 3 is 1.09 bits per heavy atom. The number of nitrogens with one attached hydrogen (secondary N) is 5. The third-order valence-electron chi connectivity index (χ3n) is 22.1. The Hall–Kier alpha value is -12.8. The van der Waals surface area contributed by atoms with E-state index in [0.29, 0.717) is 173 Å². The summed E-state index contributed by atoms with van der Waals surface area (Å²) in [4.78, 5) is 76.2. The lowest BCUT2D eigenvalue weighted by Crippen LogP contribution is -2.37. The maximum atomic E-state index is 13.5. The van der Waals surface area contributed by atoms with Crippen LogP contribution in [0.1, 0.15) is 92.8 Å². The van der Waals surface area contributed by atoms with Crippen molar-refractivity contribution in [2.45, 2.75) is 51.4 Å². The zero-order valence-electron chi connectivity index (χ0n) is 69.6. The fourth-order valence-electron chi connectivity index (χ4n) is 15.5. The summed E-state index contributed by atoms with van der Waals surface area (Å²) in [6.45, 7) is 1.82. The van der Waals surface area contributed by atoms with Crippen molar-refractivity contribution in [2.75, 3.05) is 87.7 Å². The van der Waals surface area contributed by atoms with Gasteiger partial charge in [-0.1, -0.05) is 46.4 Å². The van der Waals surface area contributed by atoms with Gasteiger partial charge in [-0.25, -0.2) is 38.1 Å². The first-order valence-electron chi connectivity index (χ1n) is 41.5. The normalized spacial score (nSPS) is 15.4. The Balaban J connectivity index is 0.000000128. The Labute approximate surface area is 779 Å². The topological polar surface area (TPSA) is 346 Å². The SMILES string of the molecule is O=C(Nc1ccc(Cl)c(-c2cc(F)ccn2)c1)c1ccc(N2CCCCS2(=O)=O)cc1.O=C(Nc1ccc(Cl)c(-c2nccc3cc[nH]c23)c1)c1ccc(N2CCCCS2(=O)=O)cc1.O=C(Nc1ccc(Cl)c(-c2nccc3ccncc23)c1)c1ccc(N2CCCCS2(=O)=O)cc1.O=C(Nc1ccc(Cl)c(-c2nccc3sccc23)c1)c1ccc(N2CCCCS2(=O)=O)cc1. The minimum Gasteiger partial charge on any atom is -0.359 e. The minimum absolute atomic E-state index is 0.133. The number of fused-ring (bicyclic) bond motifs is 3. The third kappa shape index (κ3) is 21.3. The second kappa shape index (κ2) is 39.9. The van der Waals surface area contributed by atoms with E-state index in [1.54, 1.807) is 206 Å². The molecule has 0 spiro atoms. The lowest BCUT2D eigenvalue weighted by Gasteiger charge is -2.28. The summed E-state index contributed by atoms with van der Waals surface area (Å²) in [5.41, 5.74) is 12.1. The smallest absolute Gasteiger partial charge is 0.255 e. The molecule has 15 aromatic rings. The van der Waals surface area contributed by atoms with E-state index in [4.69, 9.17) is 46.4 Å². The van der Waals surface area contributed by atoms with Gasteiger partial charge in [0, 0.05) is 164 Å². The summed E-state index contributed by atoms with van der Waals surface area (Å²) in [6, 6.07) is 61.0. The Kier molecular flexibility index (Phi) is 27.9. The average molecular weight is 1930 g/mol. The number of H-pyrrole nitrogens is 1. The molecule has 0 unspecified atom stereocenters. The molecule has 0 bridgehead atoms. The first-order valence-corrected chi connectivity index (χ1v) is 50.3. The molecule has 4 saturated heterocycles. The van der Waals surface area contributed by atoms with E-state index in [1.807, 2.05) is 54.0 Å². The predicted molar refractivity (Wildman–Crippen MR) is 520 cm³/mol. The monoisotopic (exact) mass is 1930 g/mol. The molecule has 0 saturated carbocycles. The quantitative estimate of drug-likeness (QED) is 0.0600. The molecule has 36 heteroatoms. The number of sulfonamides is 4. The number of aromatic amines is 1. The number of nitrogens with zero attached hydrogens (tertiary/aromatic N) is 9. The molecule has 4 aliphatic heterocycles. The van der Waals surface area contributed by atoms with Crippen molar-refractivity contribution >= 4 is 199 Å². The molecule has 0 atom stereocenters. The maximum absolute atomic E-state index is 13.5. The number of amides is 4. The number of aromatic nitrogens is 6. The first-order chi connectivity index (χ1) is 63.1. The zero-order chi connectivity index (χ0) is 91.7. The fourth-order valence-corrected chi connectivity index (χ4v) is 23.6. The van der Waals surface area contributed by atoms with Crippen molar-refractivity contribution < 1.29 is 57.2 Å². The lowest BCUT2D eigenvalue weighted by molar-refractivity contribution is 0.101. The van der Waals surface area contributed by atoms with Gasteiger partial charge in [0.2, 0.25) is 40.1 Å². The van der Waals surface area contributed by atoms with Crippen molar-refractivity contribution in [3.8, 4) is 45.0 Å². The van der Waals surface area contributed by atoms with Crippen molar-refractivity contribution in [3.63, 3.8) is 0 Å². The Morgan fingerprint density at radius 2 is 0.695 bits per heavy atom. The highest BCUT2D eigenvalue weighted by Crippen LogP contribution is 2.40. The van der Waals surface area contributed by atoms with Crippen molar-refractivity contribution in [1.29, 1.82) is 0 Å². The molecule has 4 amide bonds. The van der Waals surface area contributed by atoms with Gasteiger partial charge >= 0.3 is 0 Å². The lowest BCUT2D eigenvalue weighted by atomic mass is 10.0. The number of hydrogen-bond acceptors (Lipinski definition) is 18. The minimum atomic E-state index is -3.31. The van der Waals surface area contributed by atoms with E-state index < -0.39 is 45.9 Å². The number of carbonyl (C=O) groups is 4. The number of benzene rings is 8. The fraction of sp³-hybridized carbons (Fsp3) is 0.168. The van der Waals surface area contributed by atoms with E-state index in [9.17, 15) is 57.2 Å². The summed E-state index contributed by atoms with van der Waals surface area (Å²) in [7, 11) is -13.2. The Morgan fingerprint density at radius 1 is 0.351 bits per heavy atom. The number of rotatable bonds is 16. The van der Waals surface area contributed by atoms with E-state index in [-0.39, 0.29) is 46.6 Å². The number of hydrogen-bond donors (Lipinski definition) is 5. The van der Waals surface area contributed by atoms with E-state index in [1.165, 1.54) is 35.6 Å². The number of anilines is 8. The number of pyridine rings is 5. The van der Waals surface area contributed by atoms with E-state index in [2.05, 4.69) is 51.2 Å². The molecule has 8 aromatic carbocycles. The highest BCUT2D eigenvalue weighted by atomic mass is 35.5. The van der Waals surface area contributed by atoms with Gasteiger partial charge in [-0.2, -0.15) is 0 Å². The second-order valence-corrected chi connectivity index (χ2v) is 41.5. The highest BCUT2D eigenvalue weighted by Gasteiger charge is 2.31. The van der Waals surface area contributed by atoms with Crippen LogP contribution >= 0.6 is 57.7 Å². The van der Waals surface area contributed by atoms with Crippen LogP contribution < -0.4 is 38.5 Å². The van der Waals surface area contributed by atoms with Gasteiger partial charge in [-0.05, 0) is 274 Å². The van der Waals surface area contributed by atoms with Crippen LogP contribution in [0.4, 0.5) is 49.9 Å². The van der Waals surface area contributed by atoms with Gasteiger partial charge in [0.25, 0.3) is 23.6 Å². The van der Waals surface area contributed by atoms with Crippen LogP contribution in [0.2, 0.25) is 20.1 Å². The van der Waals surface area contributed by atoms with E-state index >= 15 is 0 Å². The predicted octanol–water partition coefficient (Wildman–Crippen LogP) is 20.7. The molecule has 4 aliphatic rings. The first kappa shape index (κ1) is 91.5. The molecule has 0 radical (unpaired) electrons. The van der Waals surface area contributed by atoms with Crippen LogP contribution in [0.25, 0.3) is 76.8 Å². The molecular weight excluding hydrogens is 1850 g/mol. The van der Waals surface area contributed by atoms with Gasteiger partial charge < -0.3 is 26.3 Å². The number of halogens is 5. The number of thiophene rings is 1. The van der Waals surface area contributed by atoms with Crippen LogP contribution in [0.3, 0.4) is 0 Å². The highest BCUT2D eigenvalue weighted by molar-refractivity contribution is 7.93. The molecule has 19 rings (SSSR count). The van der Waals surface area contributed by atoms with E-state index in [0.717, 1.165) is 68.7 Å². The van der Waals surface area contributed by atoms with Crippen LogP contribution in [-0.2, 0) is 40.1 Å². The standard InChI is InChI=1S/C25H21ClN4O3S.C24H21ClN4O3S.C24H20ClN3O3S2.C22H19ClFN3O3S/c26-23-8-5-19(15-21(23)24-22-16-27-11-9-17(22)10-12-28-24)29-25(31)18-3-6-20(7-4-18)30-13-1-2-14-34(30,32)33;25-21-8-5-18(15-20(21)23-22-16(9-11-26-22)10-12-27-23)28-24(30)17-3-6-19(7-4-17)29-13-1-2-14-33(29,31)32;25-21-8-5-17(15-20(21)23-19-10-13-32-22(19)9-11-26-23)27-24(29)16-3-6-18(7-4-16)28-12-1-2-14-33(28,30)31;23-20-8-5-17(14-19(20)21-13-16(24)9-10-25-21)26-22(28)15-3-6-18(7-4-15)27-11-1-2-12-31(27,29)30/h3-12,15-16H,1-2,13-14H2,(H,29,31);3-12,15,26H,1-2,13-14H2,(H,28,30);3-11,13,15H,1-2,12,14H2,(H,27,29);3-10,13-14H,1-2,11-12H2,(H,26,28). The molecule has 4 fully saturated rings. The molecular formula is C95H81Cl4FN14O12S5. The van der Waals surface area contributed by atoms with Gasteiger partial charge in [0.05, 0.1) is 94.1 Å². The third-order valence-corrected chi connectivity index (χ3v) is 31.8. The summed E-state index contributed by atoms with van der Waals surface area (Å²) >= 11 is 27.2. The van der Waals surface area contributed by atoms with Crippen LogP contribution in [0.15, 0.2) is 267 Å². The summed E-state index contributed by atoms with van der Waals surface area (Å²) in [6.07, 6.45) is 17.8. The number of carbonyl (C=O) groups excluding carboxylic acids is 4. The van der Waals surface area contributed by atoms with Crippen LogP contribution in [0, 0.1) is 5.82 Å². The maximum Gasteiger partial charge on any atom is 0.255 e. The molecule has 668 valence electrons. The second-order valence-electron chi connectivity index (χ2n) is 30.9. The summed E-state index contributed by atoms with van der Waals surface area (Å²) in [5, 5.41) is 19.3. The largest absolute Gasteiger partial charge is 0.359 e. The molecule has 7 aromatic heterocycles. The van der Waals surface area contributed by atoms with Gasteiger partial charge in [-0.3, -0.25) is 61.3 Å². The average Bonchev–Trinajstić information content (AvgIpc) is 1.11. The van der Waals surface area contributed by atoms with Crippen molar-refractivity contribution in [1.82, 2.24) is 29.9 Å². The van der Waals surface area contributed by atoms with Crippen molar-refractivity contribution in [2.24, 2.45) is 0 Å². The summed E-state index contributed by atoms with van der Waals surface area (Å²) < 4.78 is 119. The zero-order valence-corrected chi connectivity index (χ0v) is 76.7. The molecule has 11 heterocycles. The molecule has 26 nitrogen and oxygen atoms in total. The molecule has 5 N–H and O–H groups in total. The van der Waals surface area contributed by atoms with Crippen molar-refractivity contribution in [3.05, 3.63) is 315 Å². The van der Waals surface area contributed by atoms with Gasteiger partial charge in [0.15, 0.2) is 0 Å². The molecule has 131 heavy (non-hydrogen) atoms. The Bertz CT molecular complexity index is 7130.